The second-order valence-corrected chi connectivity index (χ2v) is 6.62. The van der Waals surface area contributed by atoms with Crippen molar-refractivity contribution in [1.29, 1.82) is 0 Å². The van der Waals surface area contributed by atoms with Crippen molar-refractivity contribution in [2.75, 3.05) is 13.2 Å². The van der Waals surface area contributed by atoms with Crippen LogP contribution in [-0.2, 0) is 4.74 Å². The fraction of sp³-hybridized carbons (Fsp3) is 0.412. The van der Waals surface area contributed by atoms with Gasteiger partial charge in [-0.25, -0.2) is 0 Å². The molecule has 6 heteroatoms. The van der Waals surface area contributed by atoms with Gasteiger partial charge in [0.2, 0.25) is 0 Å². The van der Waals surface area contributed by atoms with E-state index in [4.69, 9.17) is 9.47 Å². The topological polar surface area (TPSA) is 51.7 Å². The number of morpholine rings is 1. The van der Waals surface area contributed by atoms with Gasteiger partial charge in [0.15, 0.2) is 0 Å². The maximum atomic E-state index is 12.7. The van der Waals surface area contributed by atoms with Gasteiger partial charge in [0.05, 0.1) is 24.4 Å². The van der Waals surface area contributed by atoms with Crippen LogP contribution in [0.3, 0.4) is 0 Å². The van der Waals surface area contributed by atoms with Crippen LogP contribution < -0.4 is 4.74 Å². The Hall–Kier alpha value is -1.92. The Labute approximate surface area is 138 Å². The lowest BCUT2D eigenvalue weighted by Gasteiger charge is -2.38. The predicted octanol–water partition coefficient (Wildman–Crippen LogP) is 2.59. The molecule has 0 radical (unpaired) electrons. The number of amides is 1. The van der Waals surface area contributed by atoms with E-state index in [-0.39, 0.29) is 24.2 Å². The number of hydrogen-bond acceptors (Lipinski definition) is 5. The number of carbonyl (C=O) groups excluding carboxylic acids is 1. The summed E-state index contributed by atoms with van der Waals surface area (Å²) in [6.45, 7) is 1.21. The van der Waals surface area contributed by atoms with E-state index in [0.29, 0.717) is 13.2 Å². The number of hydrogen-bond donors (Lipinski definition) is 0. The lowest BCUT2D eigenvalue weighted by atomic mass is 10.1. The number of aromatic nitrogens is 1. The van der Waals surface area contributed by atoms with E-state index in [2.05, 4.69) is 4.98 Å². The van der Waals surface area contributed by atoms with Gasteiger partial charge < -0.3 is 14.4 Å². The number of thiophene rings is 1. The van der Waals surface area contributed by atoms with Gasteiger partial charge in [0.25, 0.3) is 5.91 Å². The summed E-state index contributed by atoms with van der Waals surface area (Å²) in [5, 5.41) is 3.85. The summed E-state index contributed by atoms with van der Waals surface area (Å²) in [5.74, 6) is 0.856. The molecule has 1 aliphatic carbocycles. The highest BCUT2D eigenvalue weighted by atomic mass is 32.1. The van der Waals surface area contributed by atoms with Gasteiger partial charge in [-0.05, 0) is 36.4 Å². The zero-order chi connectivity index (χ0) is 15.6. The maximum Gasteiger partial charge on any atom is 0.255 e. The van der Waals surface area contributed by atoms with E-state index in [1.54, 1.807) is 23.7 Å². The molecule has 2 aromatic heterocycles. The van der Waals surface area contributed by atoms with Crippen LogP contribution >= 0.6 is 11.3 Å². The molecule has 2 aliphatic rings. The summed E-state index contributed by atoms with van der Waals surface area (Å²) in [5.41, 5.74) is 0.771. The molecule has 1 saturated carbocycles. The van der Waals surface area contributed by atoms with E-state index in [0.717, 1.165) is 24.2 Å². The molecule has 4 rings (SSSR count). The first-order valence-electron chi connectivity index (χ1n) is 7.84. The highest BCUT2D eigenvalue weighted by Crippen LogP contribution is 2.33. The highest BCUT2D eigenvalue weighted by molar-refractivity contribution is 7.08. The van der Waals surface area contributed by atoms with Gasteiger partial charge in [0, 0.05) is 18.1 Å². The predicted molar refractivity (Wildman–Crippen MR) is 86.8 cm³/mol. The van der Waals surface area contributed by atoms with Crippen molar-refractivity contribution in [2.24, 2.45) is 0 Å². The van der Waals surface area contributed by atoms with Crippen LogP contribution in [0, 0.1) is 0 Å². The molecule has 5 nitrogen and oxygen atoms in total. The third kappa shape index (κ3) is 2.84. The first kappa shape index (κ1) is 14.7. The van der Waals surface area contributed by atoms with Gasteiger partial charge >= 0.3 is 0 Å². The Balaban J connectivity index is 1.49. The third-order valence-corrected chi connectivity index (χ3v) is 5.17. The van der Waals surface area contributed by atoms with Gasteiger partial charge in [-0.15, -0.1) is 0 Å². The molecule has 120 valence electrons. The van der Waals surface area contributed by atoms with Gasteiger partial charge in [-0.1, -0.05) is 0 Å². The van der Waals surface area contributed by atoms with E-state index >= 15 is 0 Å². The van der Waals surface area contributed by atoms with Crippen molar-refractivity contribution < 1.29 is 14.3 Å². The highest BCUT2D eigenvalue weighted by Gasteiger charge is 2.45. The van der Waals surface area contributed by atoms with Gasteiger partial charge in [-0.3, -0.25) is 9.78 Å². The van der Waals surface area contributed by atoms with Crippen molar-refractivity contribution >= 4 is 17.2 Å². The van der Waals surface area contributed by atoms with Crippen LogP contribution in [0.2, 0.25) is 0 Å². The van der Waals surface area contributed by atoms with Crippen molar-refractivity contribution in [3.05, 3.63) is 46.9 Å². The molecule has 1 aliphatic heterocycles. The van der Waals surface area contributed by atoms with E-state index in [1.165, 1.54) is 0 Å². The Morgan fingerprint density at radius 2 is 2.35 bits per heavy atom. The Kier molecular flexibility index (Phi) is 4.01. The van der Waals surface area contributed by atoms with Crippen LogP contribution in [0.25, 0.3) is 0 Å². The van der Waals surface area contributed by atoms with Crippen molar-refractivity contribution in [3.8, 4) is 5.75 Å². The molecule has 0 N–H and O–H groups in total. The normalized spacial score (nSPS) is 26.8. The molecule has 3 atom stereocenters. The molecule has 1 saturated heterocycles. The Bertz CT molecular complexity index is 662. The van der Waals surface area contributed by atoms with Crippen LogP contribution in [0.1, 0.15) is 23.2 Å². The number of nitrogens with zero attached hydrogens (tertiary/aromatic N) is 2. The Morgan fingerprint density at radius 3 is 3.13 bits per heavy atom. The molecule has 23 heavy (non-hydrogen) atoms. The Morgan fingerprint density at radius 1 is 1.39 bits per heavy atom. The molecule has 3 heterocycles. The largest absolute Gasteiger partial charge is 0.486 e. The van der Waals surface area contributed by atoms with Crippen molar-refractivity contribution in [1.82, 2.24) is 9.88 Å². The number of pyridine rings is 1. The molecule has 1 amide bonds. The fourth-order valence-electron chi connectivity index (χ4n) is 3.44. The van der Waals surface area contributed by atoms with Crippen LogP contribution in [0.4, 0.5) is 0 Å². The first-order valence-corrected chi connectivity index (χ1v) is 8.78. The van der Waals surface area contributed by atoms with Gasteiger partial charge in [0.1, 0.15) is 18.0 Å². The van der Waals surface area contributed by atoms with Crippen LogP contribution in [0.5, 0.6) is 5.75 Å². The van der Waals surface area contributed by atoms with Crippen LogP contribution in [0.15, 0.2) is 41.4 Å². The lowest BCUT2D eigenvalue weighted by molar-refractivity contribution is -0.0786. The molecule has 2 fully saturated rings. The number of rotatable bonds is 3. The lowest BCUT2D eigenvalue weighted by Crippen LogP contribution is -2.54. The average Bonchev–Trinajstić information content (AvgIpc) is 3.25. The monoisotopic (exact) mass is 330 g/mol. The number of fused-ring (bicyclic) bond motifs is 1. The minimum atomic E-state index is -0.0634. The number of ether oxygens (including phenoxy) is 2. The standard InChI is InChI=1S/C17H18N2O3S/c20-17(12-5-9-23-11-12)19-7-8-21-16-14(19)3-4-15(16)22-13-2-1-6-18-10-13/h1-2,5-6,9-11,14-16H,3-4,7-8H2/t14-,15+,16+/m1/s1. The first-order chi connectivity index (χ1) is 11.3. The minimum absolute atomic E-state index is 0.0257. The fourth-order valence-corrected chi connectivity index (χ4v) is 4.07. The van der Waals surface area contributed by atoms with Crippen LogP contribution in [-0.4, -0.2) is 47.2 Å². The quantitative estimate of drug-likeness (QED) is 0.868. The summed E-state index contributed by atoms with van der Waals surface area (Å²) in [4.78, 5) is 18.7. The van der Waals surface area contributed by atoms with E-state index in [1.807, 2.05) is 33.9 Å². The summed E-state index contributed by atoms with van der Waals surface area (Å²) in [7, 11) is 0. The molecular formula is C17H18N2O3S. The second kappa shape index (κ2) is 6.29. The maximum absolute atomic E-state index is 12.7. The van der Waals surface area contributed by atoms with E-state index in [9.17, 15) is 4.79 Å². The average molecular weight is 330 g/mol. The summed E-state index contributed by atoms with van der Waals surface area (Å²) in [6, 6.07) is 5.74. The summed E-state index contributed by atoms with van der Waals surface area (Å²) in [6.07, 6.45) is 5.14. The zero-order valence-corrected chi connectivity index (χ0v) is 13.4. The molecule has 2 aromatic rings. The SMILES string of the molecule is O=C(c1ccsc1)N1CCO[C@@H]2[C@@H](Oc3cccnc3)CC[C@H]21. The second-order valence-electron chi connectivity index (χ2n) is 5.84. The molecule has 0 bridgehead atoms. The molecule has 0 spiro atoms. The van der Waals surface area contributed by atoms with Crippen molar-refractivity contribution in [3.63, 3.8) is 0 Å². The molecular weight excluding hydrogens is 312 g/mol. The minimum Gasteiger partial charge on any atom is -0.486 e. The number of carbonyl (C=O) groups is 1. The third-order valence-electron chi connectivity index (χ3n) is 4.49. The summed E-state index contributed by atoms with van der Waals surface area (Å²) < 4.78 is 12.0. The van der Waals surface area contributed by atoms with Crippen molar-refractivity contribution in [2.45, 2.75) is 31.1 Å². The molecule has 0 aromatic carbocycles. The van der Waals surface area contributed by atoms with Gasteiger partial charge in [-0.2, -0.15) is 11.3 Å². The van der Waals surface area contributed by atoms with E-state index < -0.39 is 0 Å². The zero-order valence-electron chi connectivity index (χ0n) is 12.6. The smallest absolute Gasteiger partial charge is 0.255 e. The molecule has 0 unspecified atom stereocenters. The summed E-state index contributed by atoms with van der Waals surface area (Å²) >= 11 is 1.55.